The van der Waals surface area contributed by atoms with Crippen LogP contribution in [0.5, 0.6) is 0 Å². The molecule has 12 heavy (non-hydrogen) atoms. The van der Waals surface area contributed by atoms with E-state index in [0.717, 1.165) is 6.08 Å². The monoisotopic (exact) mass is 299 g/mol. The lowest BCUT2D eigenvalue weighted by atomic mass is 10.4. The Bertz CT molecular complexity index is 259. The van der Waals surface area contributed by atoms with Gasteiger partial charge in [0.25, 0.3) is 10.3 Å². The Morgan fingerprint density at radius 2 is 2.25 bits per heavy atom. The predicted octanol–water partition coefficient (Wildman–Crippen LogP) is 0.319. The van der Waals surface area contributed by atoms with Gasteiger partial charge in [-0.05, 0) is 10.1 Å². The second-order valence-electron chi connectivity index (χ2n) is 1.58. The van der Waals surface area contributed by atoms with Crippen LogP contribution in [0.15, 0.2) is 22.8 Å². The zero-order chi connectivity index (χ0) is 9.56. The fourth-order valence-electron chi connectivity index (χ4n) is 0.388. The summed E-state index contributed by atoms with van der Waals surface area (Å²) in [6.45, 7) is 0. The van der Waals surface area contributed by atoms with E-state index < -0.39 is 4.92 Å². The summed E-state index contributed by atoms with van der Waals surface area (Å²) in [5.41, 5.74) is -0.166. The van der Waals surface area contributed by atoms with E-state index in [2.05, 4.69) is 31.9 Å². The molecule has 0 saturated carbocycles. The minimum Gasteiger partial charge on any atom is -0.292 e. The molecule has 0 fully saturated rings. The summed E-state index contributed by atoms with van der Waals surface area (Å²) in [7, 11) is 0. The summed E-state index contributed by atoms with van der Waals surface area (Å²) in [6, 6.07) is 0. The minimum atomic E-state index is -0.587. The summed E-state index contributed by atoms with van der Waals surface area (Å²) >= 11 is 5.74. The van der Waals surface area contributed by atoms with Crippen LogP contribution in [0.1, 0.15) is 0 Å². The third kappa shape index (κ3) is 4.24. The highest BCUT2D eigenvalue weighted by atomic mass is 79.9. The summed E-state index contributed by atoms with van der Waals surface area (Å²) in [6.07, 6.45) is 2.36. The standard InChI is InChI=1S/C5H4Br2N2O3/c6-2-1-4(9(11)12)3-5(7)8-10/h1-3,10H/p+1/b2-1+,4-3+,8-5?. The Labute approximate surface area is 84.9 Å². The molecule has 0 radical (unpaired) electrons. The van der Waals surface area contributed by atoms with Crippen LogP contribution >= 0.6 is 31.9 Å². The molecule has 0 aromatic heterocycles. The largest absolute Gasteiger partial charge is 0.296 e. The lowest BCUT2D eigenvalue weighted by Gasteiger charge is -1.86. The van der Waals surface area contributed by atoms with Gasteiger partial charge >= 0.3 is 0 Å². The first kappa shape index (κ1) is 11.3. The third-order valence-corrected chi connectivity index (χ3v) is 1.50. The van der Waals surface area contributed by atoms with Gasteiger partial charge in [-0.2, -0.15) is 0 Å². The molecule has 0 aliphatic carbocycles. The van der Waals surface area contributed by atoms with Crippen LogP contribution in [-0.2, 0) is 0 Å². The number of rotatable bonds is 3. The lowest BCUT2D eigenvalue weighted by molar-refractivity contribution is -0.734. The second-order valence-corrected chi connectivity index (χ2v) is 2.96. The van der Waals surface area contributed by atoms with Crippen molar-refractivity contribution in [1.82, 2.24) is 0 Å². The molecule has 0 aromatic rings. The van der Waals surface area contributed by atoms with E-state index in [0.29, 0.717) is 0 Å². The maximum Gasteiger partial charge on any atom is 0.296 e. The van der Waals surface area contributed by atoms with Gasteiger partial charge in [-0.25, -0.2) is 0 Å². The molecule has 5 nitrogen and oxygen atoms in total. The van der Waals surface area contributed by atoms with Gasteiger partial charge in [-0.3, -0.25) is 15.3 Å². The van der Waals surface area contributed by atoms with Gasteiger partial charge in [0.2, 0.25) is 0 Å². The van der Waals surface area contributed by atoms with Crippen molar-refractivity contribution in [3.63, 3.8) is 0 Å². The Morgan fingerprint density at radius 3 is 2.58 bits per heavy atom. The predicted molar refractivity (Wildman–Crippen MR) is 49.8 cm³/mol. The van der Waals surface area contributed by atoms with Crippen LogP contribution in [-0.4, -0.2) is 14.8 Å². The molecule has 0 atom stereocenters. The number of halogens is 2. The van der Waals surface area contributed by atoms with Crippen molar-refractivity contribution in [1.29, 1.82) is 0 Å². The number of nitrogens with one attached hydrogen (secondary N) is 1. The van der Waals surface area contributed by atoms with Crippen molar-refractivity contribution in [3.05, 3.63) is 32.9 Å². The molecule has 2 N–H and O–H groups in total. The fraction of sp³-hybridized carbons (Fsp3) is 0. The average molecular weight is 301 g/mol. The van der Waals surface area contributed by atoms with Crippen molar-refractivity contribution in [3.8, 4) is 0 Å². The average Bonchev–Trinajstić information content (AvgIpc) is 2.03. The first-order valence-corrected chi connectivity index (χ1v) is 4.38. The number of hydrogen-bond donors (Lipinski definition) is 2. The molecule has 0 rings (SSSR count). The number of allylic oxidation sites excluding steroid dienone is 2. The van der Waals surface area contributed by atoms with Crippen LogP contribution < -0.4 is 5.16 Å². The molecule has 0 aliphatic heterocycles. The molecule has 0 spiro atoms. The van der Waals surface area contributed by atoms with E-state index in [-0.39, 0.29) is 10.3 Å². The number of nitrogens with zero attached hydrogens (tertiary/aromatic N) is 1. The highest BCUT2D eigenvalue weighted by Gasteiger charge is 2.09. The summed E-state index contributed by atoms with van der Waals surface area (Å²) in [4.78, 5) is 11.0. The van der Waals surface area contributed by atoms with E-state index in [1.165, 1.54) is 11.1 Å². The van der Waals surface area contributed by atoms with Crippen molar-refractivity contribution in [2.75, 3.05) is 0 Å². The molecule has 0 heterocycles. The topological polar surface area (TPSA) is 77.3 Å². The van der Waals surface area contributed by atoms with Crippen LogP contribution in [0, 0.1) is 10.1 Å². The summed E-state index contributed by atoms with van der Waals surface area (Å²) in [5, 5.41) is 20.3. The van der Waals surface area contributed by atoms with E-state index in [1.807, 2.05) is 0 Å². The Hall–Kier alpha value is -0.690. The lowest BCUT2D eigenvalue weighted by Crippen LogP contribution is -2.66. The molecule has 0 amide bonds. The molecule has 0 bridgehead atoms. The van der Waals surface area contributed by atoms with E-state index >= 15 is 0 Å². The summed E-state index contributed by atoms with van der Waals surface area (Å²) in [5.74, 6) is 0. The molecule has 0 aliphatic rings. The molecular weight excluding hydrogens is 296 g/mol. The quantitative estimate of drug-likeness (QED) is 0.259. The minimum absolute atomic E-state index is 0.111. The normalized spacial score (nSPS) is 13.8. The third-order valence-electron chi connectivity index (χ3n) is 0.826. The molecule has 0 saturated heterocycles. The van der Waals surface area contributed by atoms with Crippen LogP contribution in [0.2, 0.25) is 0 Å². The molecule has 0 unspecified atom stereocenters. The van der Waals surface area contributed by atoms with Crippen molar-refractivity contribution >= 4 is 36.5 Å². The fourth-order valence-corrected chi connectivity index (χ4v) is 0.894. The Kier molecular flexibility index (Phi) is 5.56. The van der Waals surface area contributed by atoms with Gasteiger partial charge in [0.15, 0.2) is 0 Å². The van der Waals surface area contributed by atoms with Gasteiger partial charge in [-0.1, -0.05) is 15.9 Å². The summed E-state index contributed by atoms with van der Waals surface area (Å²) < 4.78 is 0.111. The second kappa shape index (κ2) is 5.90. The number of nitro groups is 1. The zero-order valence-electron chi connectivity index (χ0n) is 5.70. The Morgan fingerprint density at radius 1 is 1.67 bits per heavy atom. The highest BCUT2D eigenvalue weighted by Crippen LogP contribution is 2.01. The SMILES string of the molecule is O=[N+]([O-])C(/C=C/Br)=C/C(Br)=[NH+]O. The van der Waals surface area contributed by atoms with Crippen molar-refractivity contribution in [2.24, 2.45) is 0 Å². The van der Waals surface area contributed by atoms with Gasteiger partial charge in [0.05, 0.1) is 11.0 Å². The number of hydrogen-bond acceptors (Lipinski definition) is 3. The van der Waals surface area contributed by atoms with E-state index in [4.69, 9.17) is 5.21 Å². The van der Waals surface area contributed by atoms with E-state index in [9.17, 15) is 10.1 Å². The maximum atomic E-state index is 10.3. The van der Waals surface area contributed by atoms with Crippen LogP contribution in [0.4, 0.5) is 0 Å². The van der Waals surface area contributed by atoms with Gasteiger partial charge in [0.1, 0.15) is 0 Å². The molecular formula is C5H5Br2N2O3+. The molecule has 66 valence electrons. The smallest absolute Gasteiger partial charge is 0.292 e. The first-order valence-electron chi connectivity index (χ1n) is 2.67. The molecule has 0 aromatic carbocycles. The van der Waals surface area contributed by atoms with Crippen LogP contribution in [0.25, 0.3) is 0 Å². The van der Waals surface area contributed by atoms with Crippen molar-refractivity contribution < 1.29 is 15.3 Å². The first-order chi connectivity index (χ1) is 5.61. The van der Waals surface area contributed by atoms with Crippen LogP contribution in [0.3, 0.4) is 0 Å². The maximum absolute atomic E-state index is 10.3. The van der Waals surface area contributed by atoms with Gasteiger partial charge < -0.3 is 0 Å². The van der Waals surface area contributed by atoms with Crippen molar-refractivity contribution in [2.45, 2.75) is 0 Å². The highest BCUT2D eigenvalue weighted by molar-refractivity contribution is 9.18. The van der Waals surface area contributed by atoms with E-state index in [1.54, 1.807) is 5.16 Å². The molecule has 7 heteroatoms. The zero-order valence-corrected chi connectivity index (χ0v) is 8.87. The Balaban J connectivity index is 4.73. The van der Waals surface area contributed by atoms with Gasteiger partial charge in [0, 0.05) is 22.0 Å². The van der Waals surface area contributed by atoms with Gasteiger partial charge in [-0.15, -0.1) is 0 Å².